The lowest BCUT2D eigenvalue weighted by atomic mass is 10.2. The van der Waals surface area contributed by atoms with E-state index in [-0.39, 0.29) is 5.66 Å². The monoisotopic (exact) mass is 248 g/mol. The Morgan fingerprint density at radius 2 is 2.22 bits per heavy atom. The van der Waals surface area contributed by atoms with Crippen LogP contribution in [0.4, 0.5) is 5.69 Å². The molecule has 2 heterocycles. The molecule has 1 aliphatic heterocycles. The van der Waals surface area contributed by atoms with E-state index < -0.39 is 0 Å². The highest BCUT2D eigenvalue weighted by atomic mass is 16.5. The third-order valence-electron chi connectivity index (χ3n) is 2.67. The SMILES string of the molecule is C=[N+](C1=NCNC(C)(C)N1)c1ccc(OC)nc1. The molecule has 0 saturated heterocycles. The lowest BCUT2D eigenvalue weighted by molar-refractivity contribution is -0.304. The van der Waals surface area contributed by atoms with E-state index in [4.69, 9.17) is 4.74 Å². The first-order valence-corrected chi connectivity index (χ1v) is 5.70. The van der Waals surface area contributed by atoms with Crippen LogP contribution in [0.1, 0.15) is 13.8 Å². The highest BCUT2D eigenvalue weighted by molar-refractivity contribution is 5.77. The third-order valence-corrected chi connectivity index (χ3v) is 2.67. The van der Waals surface area contributed by atoms with Gasteiger partial charge in [0.25, 0.3) is 0 Å². The van der Waals surface area contributed by atoms with E-state index in [0.29, 0.717) is 18.5 Å². The highest BCUT2D eigenvalue weighted by Crippen LogP contribution is 2.14. The molecule has 0 radical (unpaired) electrons. The fourth-order valence-electron chi connectivity index (χ4n) is 1.60. The van der Waals surface area contributed by atoms with E-state index in [1.165, 1.54) is 0 Å². The molecule has 2 N–H and O–H groups in total. The van der Waals surface area contributed by atoms with Gasteiger partial charge < -0.3 is 4.74 Å². The standard InChI is InChI=1S/C12H18N5O/c1-12(2)15-8-14-11(16-12)17(3)9-5-6-10(18-4)13-7-9/h5-7,15H,3,8H2,1-2,4H3,(H,14,16)/q+1. The number of aliphatic imine (C=N–C) groups is 1. The zero-order valence-corrected chi connectivity index (χ0v) is 10.9. The molecular weight excluding hydrogens is 230 g/mol. The summed E-state index contributed by atoms with van der Waals surface area (Å²) < 4.78 is 6.74. The lowest BCUT2D eigenvalue weighted by Crippen LogP contribution is -2.59. The molecule has 0 aromatic carbocycles. The van der Waals surface area contributed by atoms with Crippen LogP contribution in [0, 0.1) is 0 Å². The zero-order chi connectivity index (χ0) is 13.2. The maximum absolute atomic E-state index is 5.02. The first-order chi connectivity index (χ1) is 8.52. The first kappa shape index (κ1) is 12.5. The van der Waals surface area contributed by atoms with Gasteiger partial charge in [-0.25, -0.2) is 9.56 Å². The quantitative estimate of drug-likeness (QED) is 0.597. The minimum absolute atomic E-state index is 0.201. The summed E-state index contributed by atoms with van der Waals surface area (Å²) >= 11 is 0. The third kappa shape index (κ3) is 2.65. The Labute approximate surface area is 106 Å². The number of pyridine rings is 1. The molecule has 0 saturated carbocycles. The number of hydrogen-bond donors (Lipinski definition) is 2. The summed E-state index contributed by atoms with van der Waals surface area (Å²) in [6.07, 6.45) is 1.70. The predicted octanol–water partition coefficient (Wildman–Crippen LogP) is 0.677. The Hall–Kier alpha value is -1.95. The summed E-state index contributed by atoms with van der Waals surface area (Å²) in [6, 6.07) is 3.68. The second-order valence-corrected chi connectivity index (χ2v) is 4.55. The van der Waals surface area contributed by atoms with Gasteiger partial charge in [-0.3, -0.25) is 10.6 Å². The molecule has 6 nitrogen and oxygen atoms in total. The van der Waals surface area contributed by atoms with Gasteiger partial charge in [0.05, 0.1) is 13.3 Å². The van der Waals surface area contributed by atoms with Crippen molar-refractivity contribution in [3.05, 3.63) is 18.3 Å². The maximum atomic E-state index is 5.02. The zero-order valence-electron chi connectivity index (χ0n) is 10.9. The number of rotatable bonds is 2. The Kier molecular flexibility index (Phi) is 3.29. The van der Waals surface area contributed by atoms with E-state index in [1.54, 1.807) is 23.9 Å². The van der Waals surface area contributed by atoms with E-state index >= 15 is 0 Å². The highest BCUT2D eigenvalue weighted by Gasteiger charge is 2.30. The number of methoxy groups -OCH3 is 1. The molecule has 0 spiro atoms. The molecule has 96 valence electrons. The van der Waals surface area contributed by atoms with Crippen molar-refractivity contribution >= 4 is 18.4 Å². The van der Waals surface area contributed by atoms with E-state index in [2.05, 4.69) is 27.3 Å². The summed E-state index contributed by atoms with van der Waals surface area (Å²) in [5.74, 6) is 1.29. The van der Waals surface area contributed by atoms with Crippen molar-refractivity contribution in [2.75, 3.05) is 13.8 Å². The largest absolute Gasteiger partial charge is 0.481 e. The van der Waals surface area contributed by atoms with Crippen molar-refractivity contribution < 1.29 is 9.31 Å². The Morgan fingerprint density at radius 3 is 2.78 bits per heavy atom. The lowest BCUT2D eigenvalue weighted by Gasteiger charge is -2.26. The predicted molar refractivity (Wildman–Crippen MR) is 70.5 cm³/mol. The Morgan fingerprint density at radius 1 is 1.44 bits per heavy atom. The topological polar surface area (TPSA) is 61.5 Å². The van der Waals surface area contributed by atoms with Gasteiger partial charge in [0, 0.05) is 12.8 Å². The van der Waals surface area contributed by atoms with Gasteiger partial charge in [0.2, 0.25) is 5.88 Å². The van der Waals surface area contributed by atoms with Gasteiger partial charge >= 0.3 is 5.96 Å². The molecule has 0 unspecified atom stereocenters. The molecule has 6 heteroatoms. The van der Waals surface area contributed by atoms with Crippen molar-refractivity contribution in [1.82, 2.24) is 15.6 Å². The minimum atomic E-state index is -0.201. The van der Waals surface area contributed by atoms with Crippen LogP contribution in [-0.4, -0.2) is 41.7 Å². The number of ether oxygens (including phenoxy) is 1. The summed E-state index contributed by atoms with van der Waals surface area (Å²) in [6.45, 7) is 8.63. The normalized spacial score (nSPS) is 17.6. The van der Waals surface area contributed by atoms with Crippen LogP contribution in [0.5, 0.6) is 5.88 Å². The molecule has 1 aromatic rings. The second kappa shape index (κ2) is 4.73. The molecule has 0 amide bonds. The molecule has 18 heavy (non-hydrogen) atoms. The van der Waals surface area contributed by atoms with Crippen LogP contribution >= 0.6 is 0 Å². The van der Waals surface area contributed by atoms with Gasteiger partial charge in [0.1, 0.15) is 11.4 Å². The molecule has 0 aliphatic carbocycles. The Bertz CT molecular complexity index is 478. The van der Waals surface area contributed by atoms with Crippen LogP contribution in [0.2, 0.25) is 0 Å². The van der Waals surface area contributed by atoms with Gasteiger partial charge in [-0.15, -0.1) is 0 Å². The average Bonchev–Trinajstić information content (AvgIpc) is 2.37. The summed E-state index contributed by atoms with van der Waals surface area (Å²) in [4.78, 5) is 8.49. The van der Waals surface area contributed by atoms with E-state index in [9.17, 15) is 0 Å². The average molecular weight is 248 g/mol. The molecule has 0 fully saturated rings. The van der Waals surface area contributed by atoms with Crippen molar-refractivity contribution in [3.8, 4) is 5.88 Å². The van der Waals surface area contributed by atoms with Gasteiger partial charge in [0.15, 0.2) is 6.67 Å². The van der Waals surface area contributed by atoms with Crippen LogP contribution in [-0.2, 0) is 0 Å². The summed E-state index contributed by atoms with van der Waals surface area (Å²) in [7, 11) is 1.59. The van der Waals surface area contributed by atoms with Crippen molar-refractivity contribution in [2.24, 2.45) is 4.99 Å². The maximum Gasteiger partial charge on any atom is 0.393 e. The van der Waals surface area contributed by atoms with Crippen molar-refractivity contribution in [1.29, 1.82) is 0 Å². The molecular formula is C12H18N5O+. The number of nitrogens with zero attached hydrogens (tertiary/aromatic N) is 3. The van der Waals surface area contributed by atoms with E-state index in [0.717, 1.165) is 5.69 Å². The fraction of sp³-hybridized carbons (Fsp3) is 0.417. The Balaban J connectivity index is 2.18. The number of aromatic nitrogens is 1. The minimum Gasteiger partial charge on any atom is -0.481 e. The summed E-state index contributed by atoms with van der Waals surface area (Å²) in [5, 5.41) is 6.49. The number of nitrogens with one attached hydrogen (secondary N) is 2. The summed E-state index contributed by atoms with van der Waals surface area (Å²) in [5.41, 5.74) is 0.646. The van der Waals surface area contributed by atoms with Gasteiger partial charge in [-0.2, -0.15) is 0 Å². The van der Waals surface area contributed by atoms with Gasteiger partial charge in [-0.05, 0) is 19.9 Å². The number of hydrogen-bond acceptors (Lipinski definition) is 5. The van der Waals surface area contributed by atoms with Crippen molar-refractivity contribution in [2.45, 2.75) is 19.5 Å². The number of guanidine groups is 1. The van der Waals surface area contributed by atoms with Crippen LogP contribution < -0.4 is 15.4 Å². The van der Waals surface area contributed by atoms with Gasteiger partial charge in [-0.1, -0.05) is 4.99 Å². The van der Waals surface area contributed by atoms with Crippen LogP contribution in [0.15, 0.2) is 23.3 Å². The van der Waals surface area contributed by atoms with Crippen LogP contribution in [0.25, 0.3) is 0 Å². The molecule has 1 aromatic heterocycles. The molecule has 0 bridgehead atoms. The molecule has 2 rings (SSSR count). The van der Waals surface area contributed by atoms with Crippen LogP contribution in [0.3, 0.4) is 0 Å². The second-order valence-electron chi connectivity index (χ2n) is 4.55. The van der Waals surface area contributed by atoms with E-state index in [1.807, 2.05) is 19.9 Å². The smallest absolute Gasteiger partial charge is 0.393 e. The molecule has 1 aliphatic rings. The fourth-order valence-corrected chi connectivity index (χ4v) is 1.60. The molecule has 0 atom stereocenters. The van der Waals surface area contributed by atoms with Crippen molar-refractivity contribution in [3.63, 3.8) is 0 Å². The first-order valence-electron chi connectivity index (χ1n) is 5.70.